The fourth-order valence-corrected chi connectivity index (χ4v) is 1.53. The van der Waals surface area contributed by atoms with Gasteiger partial charge in [-0.25, -0.2) is 0 Å². The van der Waals surface area contributed by atoms with Gasteiger partial charge in [0.15, 0.2) is 0 Å². The molecule has 8 heteroatoms. The van der Waals surface area contributed by atoms with Crippen molar-refractivity contribution < 1.29 is 17.2 Å². The van der Waals surface area contributed by atoms with Gasteiger partial charge >= 0.3 is 10.2 Å². The number of nitro groups is 1. The zero-order chi connectivity index (χ0) is 11.6. The number of nitro benzene ring substituents is 1. The molecule has 0 spiro atoms. The second kappa shape index (κ2) is 3.62. The van der Waals surface area contributed by atoms with Gasteiger partial charge in [0.25, 0.3) is 5.69 Å². The number of rotatable bonds is 2. The van der Waals surface area contributed by atoms with Crippen molar-refractivity contribution in [2.24, 2.45) is 0 Å². The average molecular weight is 230 g/mol. The van der Waals surface area contributed by atoms with Gasteiger partial charge in [0, 0.05) is 12.1 Å². The first-order valence-corrected chi connectivity index (χ1v) is 4.88. The van der Waals surface area contributed by atoms with Gasteiger partial charge in [0.2, 0.25) is 0 Å². The molecule has 0 heterocycles. The Bertz CT molecular complexity index is 561. The molecule has 1 aromatic carbocycles. The molecule has 0 aliphatic rings. The highest BCUT2D eigenvalue weighted by molar-refractivity contribution is 7.86. The summed E-state index contributed by atoms with van der Waals surface area (Å²) in [6, 6.07) is 3.57. The molecule has 0 N–H and O–H groups in total. The third-order valence-electron chi connectivity index (χ3n) is 1.56. The van der Waals surface area contributed by atoms with Crippen LogP contribution in [0.3, 0.4) is 0 Å². The third kappa shape index (κ3) is 2.26. The molecule has 78 valence electrons. The molecule has 0 aliphatic carbocycles. The van der Waals surface area contributed by atoms with Crippen LogP contribution < -0.4 is 0 Å². The molecule has 0 saturated carbocycles. The predicted octanol–water partition coefficient (Wildman–Crippen LogP) is 1.12. The summed E-state index contributed by atoms with van der Waals surface area (Å²) in [5.74, 6) is 0. The summed E-state index contributed by atoms with van der Waals surface area (Å²) in [5, 5.41) is 18.8. The monoisotopic (exact) mass is 230 g/mol. The minimum absolute atomic E-state index is 0.473. The van der Waals surface area contributed by atoms with Gasteiger partial charge in [-0.3, -0.25) is 10.1 Å². The summed E-state index contributed by atoms with van der Waals surface area (Å²) in [4.78, 5) is 8.61. The van der Waals surface area contributed by atoms with E-state index in [1.165, 1.54) is 6.07 Å². The lowest BCUT2D eigenvalue weighted by Crippen LogP contribution is -1.98. The van der Waals surface area contributed by atoms with Crippen LogP contribution in [0.15, 0.2) is 23.1 Å². The van der Waals surface area contributed by atoms with Gasteiger partial charge in [-0.2, -0.15) is 13.7 Å². The van der Waals surface area contributed by atoms with Crippen LogP contribution in [0.25, 0.3) is 0 Å². The summed E-state index contributed by atoms with van der Waals surface area (Å²) in [6.07, 6.45) is 0. The molecule has 0 radical (unpaired) electrons. The van der Waals surface area contributed by atoms with Crippen molar-refractivity contribution >= 4 is 15.9 Å². The van der Waals surface area contributed by atoms with Gasteiger partial charge in [-0.1, -0.05) is 0 Å². The van der Waals surface area contributed by atoms with Crippen LogP contribution in [0.5, 0.6) is 0 Å². The lowest BCUT2D eigenvalue weighted by Gasteiger charge is -1.97. The normalized spacial score (nSPS) is 10.7. The van der Waals surface area contributed by atoms with E-state index in [9.17, 15) is 22.4 Å². The summed E-state index contributed by atoms with van der Waals surface area (Å²) < 4.78 is 33.6. The van der Waals surface area contributed by atoms with Crippen molar-refractivity contribution in [3.05, 3.63) is 33.9 Å². The molecular formula is C7H3FN2O4S. The SMILES string of the molecule is N#Cc1cc([N+](=O)[O-])ccc1S(=O)(=O)F. The molecule has 0 fully saturated rings. The zero-order valence-corrected chi connectivity index (χ0v) is 7.86. The summed E-state index contributed by atoms with van der Waals surface area (Å²) in [5.41, 5.74) is -1.06. The maximum Gasteiger partial charge on any atom is 0.333 e. The van der Waals surface area contributed by atoms with Gasteiger partial charge < -0.3 is 0 Å². The topological polar surface area (TPSA) is 101 Å². The fourth-order valence-electron chi connectivity index (χ4n) is 0.932. The van der Waals surface area contributed by atoms with E-state index in [2.05, 4.69) is 0 Å². The maximum absolute atomic E-state index is 12.6. The lowest BCUT2D eigenvalue weighted by atomic mass is 10.2. The van der Waals surface area contributed by atoms with Crippen LogP contribution in [-0.4, -0.2) is 13.3 Å². The summed E-state index contributed by atoms with van der Waals surface area (Å²) in [7, 11) is -5.03. The second-order valence-corrected chi connectivity index (χ2v) is 3.80. The third-order valence-corrected chi connectivity index (χ3v) is 2.44. The molecule has 0 unspecified atom stereocenters. The minimum atomic E-state index is -5.03. The molecular weight excluding hydrogens is 227 g/mol. The van der Waals surface area contributed by atoms with Crippen molar-refractivity contribution in [2.45, 2.75) is 4.90 Å². The molecule has 0 aliphatic heterocycles. The maximum atomic E-state index is 12.6. The number of non-ortho nitro benzene ring substituents is 1. The van der Waals surface area contributed by atoms with E-state index >= 15 is 0 Å². The van der Waals surface area contributed by atoms with E-state index in [1.807, 2.05) is 0 Å². The van der Waals surface area contributed by atoms with Crippen LogP contribution in [0.1, 0.15) is 5.56 Å². The van der Waals surface area contributed by atoms with Crippen molar-refractivity contribution in [1.82, 2.24) is 0 Å². The quantitative estimate of drug-likeness (QED) is 0.430. The van der Waals surface area contributed by atoms with E-state index in [-0.39, 0.29) is 0 Å². The molecule has 6 nitrogen and oxygen atoms in total. The van der Waals surface area contributed by atoms with Crippen LogP contribution in [-0.2, 0) is 10.2 Å². The number of halogens is 1. The molecule has 15 heavy (non-hydrogen) atoms. The standard InChI is InChI=1S/C7H3FN2O4S/c8-15(13,14)7-2-1-6(10(11)12)3-5(7)4-9/h1-3H. The Morgan fingerprint density at radius 2 is 2.07 bits per heavy atom. The highest BCUT2D eigenvalue weighted by Gasteiger charge is 2.20. The predicted molar refractivity (Wildman–Crippen MR) is 46.1 cm³/mol. The Kier molecular flexibility index (Phi) is 2.67. The first kappa shape index (κ1) is 11.1. The van der Waals surface area contributed by atoms with E-state index in [0.717, 1.165) is 6.07 Å². The van der Waals surface area contributed by atoms with Gasteiger partial charge in [-0.05, 0) is 6.07 Å². The smallest absolute Gasteiger partial charge is 0.258 e. The number of nitriles is 1. The van der Waals surface area contributed by atoms with Crippen molar-refractivity contribution in [3.63, 3.8) is 0 Å². The van der Waals surface area contributed by atoms with Gasteiger partial charge in [0.1, 0.15) is 11.0 Å². The van der Waals surface area contributed by atoms with E-state index in [4.69, 9.17) is 5.26 Å². The number of benzene rings is 1. The summed E-state index contributed by atoms with van der Waals surface area (Å²) in [6.45, 7) is 0. The Morgan fingerprint density at radius 3 is 2.47 bits per heavy atom. The highest BCUT2D eigenvalue weighted by atomic mass is 32.3. The molecule has 1 rings (SSSR count). The van der Waals surface area contributed by atoms with E-state index in [0.29, 0.717) is 12.1 Å². The molecule has 0 atom stereocenters. The first-order valence-electron chi connectivity index (χ1n) is 3.49. The molecule has 0 amide bonds. The average Bonchev–Trinajstić information content (AvgIpc) is 2.15. The Hall–Kier alpha value is -2.01. The molecule has 0 aromatic heterocycles. The zero-order valence-electron chi connectivity index (χ0n) is 7.05. The molecule has 0 bridgehead atoms. The fraction of sp³-hybridized carbons (Fsp3) is 0. The Balaban J connectivity index is 3.49. The van der Waals surface area contributed by atoms with Crippen LogP contribution in [0.4, 0.5) is 9.57 Å². The van der Waals surface area contributed by atoms with E-state index in [1.54, 1.807) is 0 Å². The van der Waals surface area contributed by atoms with Crippen LogP contribution >= 0.6 is 0 Å². The Morgan fingerprint density at radius 1 is 1.47 bits per heavy atom. The van der Waals surface area contributed by atoms with Gasteiger partial charge in [0.05, 0.1) is 10.5 Å². The molecule has 1 aromatic rings. The largest absolute Gasteiger partial charge is 0.333 e. The number of hydrogen-bond donors (Lipinski definition) is 0. The highest BCUT2D eigenvalue weighted by Crippen LogP contribution is 2.22. The van der Waals surface area contributed by atoms with Crippen molar-refractivity contribution in [2.75, 3.05) is 0 Å². The summed E-state index contributed by atoms with van der Waals surface area (Å²) >= 11 is 0. The lowest BCUT2D eigenvalue weighted by molar-refractivity contribution is -0.384. The first-order chi connectivity index (χ1) is 6.86. The number of hydrogen-bond acceptors (Lipinski definition) is 5. The Labute approximate surface area is 83.9 Å². The van der Waals surface area contributed by atoms with Crippen LogP contribution in [0.2, 0.25) is 0 Å². The van der Waals surface area contributed by atoms with Gasteiger partial charge in [-0.15, -0.1) is 3.89 Å². The van der Waals surface area contributed by atoms with Crippen LogP contribution in [0, 0.1) is 21.4 Å². The number of nitrogens with zero attached hydrogens (tertiary/aromatic N) is 2. The van der Waals surface area contributed by atoms with Crippen molar-refractivity contribution in [3.8, 4) is 6.07 Å². The van der Waals surface area contributed by atoms with E-state index < -0.39 is 31.3 Å². The molecule has 0 saturated heterocycles. The van der Waals surface area contributed by atoms with Crippen molar-refractivity contribution in [1.29, 1.82) is 5.26 Å². The minimum Gasteiger partial charge on any atom is -0.258 e. The second-order valence-electron chi connectivity index (χ2n) is 2.49.